The molecule has 61 heavy (non-hydrogen) atoms. The summed E-state index contributed by atoms with van der Waals surface area (Å²) in [4.78, 5) is 41.1. The maximum absolute atomic E-state index is 13.8. The molecule has 2 unspecified atom stereocenters. The second-order valence-corrected chi connectivity index (χ2v) is 17.2. The molecule has 0 aromatic rings. The van der Waals surface area contributed by atoms with Crippen molar-refractivity contribution in [3.05, 3.63) is 72.9 Å². The summed E-state index contributed by atoms with van der Waals surface area (Å²) in [7, 11) is 0. The lowest BCUT2D eigenvalue weighted by molar-refractivity contribution is -0.194. The van der Waals surface area contributed by atoms with Crippen molar-refractivity contribution in [2.75, 3.05) is 6.61 Å². The van der Waals surface area contributed by atoms with Crippen molar-refractivity contribution >= 4 is 17.3 Å². The van der Waals surface area contributed by atoms with Gasteiger partial charge in [0.2, 0.25) is 5.60 Å². The first-order valence-electron chi connectivity index (χ1n) is 25.3. The van der Waals surface area contributed by atoms with Crippen molar-refractivity contribution in [3.8, 4) is 0 Å². The number of carbonyl (C=O) groups is 3. The minimum Gasteiger partial charge on any atom is -0.393 e. The topological polar surface area (TPSA) is 112 Å². The summed E-state index contributed by atoms with van der Waals surface area (Å²) in [5, 5.41) is 34.0. The van der Waals surface area contributed by atoms with Crippen LogP contribution in [0.4, 0.5) is 0 Å². The fourth-order valence-electron chi connectivity index (χ4n) is 7.70. The lowest BCUT2D eigenvalue weighted by Crippen LogP contribution is -2.69. The second kappa shape index (κ2) is 42.6. The Kier molecular flexibility index (Phi) is 40.8. The second-order valence-electron chi connectivity index (χ2n) is 17.2. The van der Waals surface area contributed by atoms with Crippen molar-refractivity contribution in [1.29, 1.82) is 0 Å². The van der Waals surface area contributed by atoms with Crippen molar-refractivity contribution in [1.82, 2.24) is 0 Å². The number of hydrogen-bond acceptors (Lipinski definition) is 6. The van der Waals surface area contributed by atoms with Crippen molar-refractivity contribution in [2.45, 2.75) is 250 Å². The molecule has 0 saturated heterocycles. The molecule has 6 nitrogen and oxygen atoms in total. The van der Waals surface area contributed by atoms with Gasteiger partial charge in [-0.3, -0.25) is 14.4 Å². The van der Waals surface area contributed by atoms with Crippen LogP contribution in [0.1, 0.15) is 239 Å². The maximum Gasteiger partial charge on any atom is 0.219 e. The quantitative estimate of drug-likeness (QED) is 0.0320. The van der Waals surface area contributed by atoms with E-state index in [1.807, 2.05) is 0 Å². The minimum atomic E-state index is -2.95. The third-order valence-corrected chi connectivity index (χ3v) is 11.7. The molecule has 0 aliphatic rings. The molecule has 6 heteroatoms. The Bertz CT molecular complexity index is 1240. The van der Waals surface area contributed by atoms with E-state index in [0.717, 1.165) is 128 Å². The summed E-state index contributed by atoms with van der Waals surface area (Å²) in [6.45, 7) is 5.33. The zero-order valence-corrected chi connectivity index (χ0v) is 39.7. The Morgan fingerprint density at radius 1 is 0.361 bits per heavy atom. The number of unbranched alkanes of at least 4 members (excludes halogenated alkanes) is 22. The van der Waals surface area contributed by atoms with Gasteiger partial charge in [0.05, 0.1) is 6.61 Å². The van der Waals surface area contributed by atoms with E-state index in [0.29, 0.717) is 19.3 Å². The van der Waals surface area contributed by atoms with Gasteiger partial charge in [-0.15, -0.1) is 0 Å². The van der Waals surface area contributed by atoms with E-state index in [-0.39, 0.29) is 19.3 Å². The van der Waals surface area contributed by atoms with Crippen LogP contribution in [0.15, 0.2) is 72.9 Å². The van der Waals surface area contributed by atoms with Gasteiger partial charge in [0.1, 0.15) is 0 Å². The highest BCUT2D eigenvalue weighted by molar-refractivity contribution is 6.16. The normalized spacial score (nSPS) is 14.5. The van der Waals surface area contributed by atoms with Gasteiger partial charge in [-0.1, -0.05) is 209 Å². The standard InChI is InChI=1S/C55H94O6/c1-4-7-10-13-16-19-22-25-27-30-32-35-38-41-44-47-51(57)54(60,50-56)55(61,52(58)48-45-42-39-36-33-29-24-21-18-15-12-9-6-3)53(59)49-46-43-40-37-34-31-28-26-23-20-17-14-11-8-5-2/h7-8,10-11,16-17,19-20,25-28,56,60-61H,4-6,9,12-15,18,21-24,29-50H2,1-3H3/b10-7-,11-8-,19-16-,20-17-,27-25-,28-26-. The molecular weight excluding hydrogens is 757 g/mol. The molecule has 0 fully saturated rings. The van der Waals surface area contributed by atoms with Crippen LogP contribution >= 0.6 is 0 Å². The average molecular weight is 851 g/mol. The van der Waals surface area contributed by atoms with Crippen LogP contribution in [-0.4, -0.2) is 50.5 Å². The fraction of sp³-hybridized carbons (Fsp3) is 0.727. The molecule has 0 aliphatic heterocycles. The highest BCUT2D eigenvalue weighted by Crippen LogP contribution is 2.32. The lowest BCUT2D eigenvalue weighted by atomic mass is 9.71. The molecular formula is C55H94O6. The Balaban J connectivity index is 5.05. The number of allylic oxidation sites excluding steroid dienone is 12. The average Bonchev–Trinajstić information content (AvgIpc) is 3.26. The Morgan fingerprint density at radius 3 is 0.967 bits per heavy atom. The third-order valence-electron chi connectivity index (χ3n) is 11.7. The predicted octanol–water partition coefficient (Wildman–Crippen LogP) is 14.8. The van der Waals surface area contributed by atoms with Gasteiger partial charge < -0.3 is 15.3 Å². The van der Waals surface area contributed by atoms with Crippen molar-refractivity contribution in [3.63, 3.8) is 0 Å². The molecule has 0 spiro atoms. The molecule has 0 saturated carbocycles. The summed E-state index contributed by atoms with van der Waals surface area (Å²) in [6, 6.07) is 0. The lowest BCUT2D eigenvalue weighted by Gasteiger charge is -2.39. The first-order chi connectivity index (χ1) is 29.8. The van der Waals surface area contributed by atoms with Crippen LogP contribution in [-0.2, 0) is 14.4 Å². The molecule has 0 aromatic heterocycles. The van der Waals surface area contributed by atoms with E-state index < -0.39 is 35.2 Å². The van der Waals surface area contributed by atoms with E-state index in [1.165, 1.54) is 51.4 Å². The fourth-order valence-corrected chi connectivity index (χ4v) is 7.70. The number of Topliss-reactive ketones (excluding diaryl/α,β-unsaturated/α-hetero) is 3. The maximum atomic E-state index is 13.8. The van der Waals surface area contributed by atoms with Gasteiger partial charge in [0.15, 0.2) is 23.0 Å². The van der Waals surface area contributed by atoms with Gasteiger partial charge in [-0.05, 0) is 83.5 Å². The number of aliphatic hydroxyl groups is 3. The van der Waals surface area contributed by atoms with E-state index in [1.54, 1.807) is 0 Å². The zero-order valence-electron chi connectivity index (χ0n) is 39.7. The number of aliphatic hydroxyl groups excluding tert-OH is 1. The first-order valence-corrected chi connectivity index (χ1v) is 25.3. The van der Waals surface area contributed by atoms with E-state index in [4.69, 9.17) is 0 Å². The minimum absolute atomic E-state index is 0.112. The van der Waals surface area contributed by atoms with Crippen LogP contribution in [0, 0.1) is 0 Å². The van der Waals surface area contributed by atoms with Gasteiger partial charge in [0.25, 0.3) is 0 Å². The monoisotopic (exact) mass is 851 g/mol. The summed E-state index contributed by atoms with van der Waals surface area (Å²) in [5.74, 6) is -2.53. The van der Waals surface area contributed by atoms with Crippen LogP contribution in [0.3, 0.4) is 0 Å². The molecule has 0 aromatic carbocycles. The Morgan fingerprint density at radius 2 is 0.639 bits per heavy atom. The summed E-state index contributed by atoms with van der Waals surface area (Å²) in [5.41, 5.74) is -5.80. The molecule has 0 heterocycles. The predicted molar refractivity (Wildman–Crippen MR) is 261 cm³/mol. The highest BCUT2D eigenvalue weighted by Gasteiger charge is 2.62. The number of ketones is 3. The van der Waals surface area contributed by atoms with E-state index in [2.05, 4.69) is 93.7 Å². The molecule has 0 aliphatic carbocycles. The molecule has 0 rings (SSSR count). The zero-order chi connectivity index (χ0) is 45.0. The van der Waals surface area contributed by atoms with Crippen LogP contribution in [0.25, 0.3) is 0 Å². The van der Waals surface area contributed by atoms with Crippen LogP contribution in [0.2, 0.25) is 0 Å². The van der Waals surface area contributed by atoms with E-state index in [9.17, 15) is 29.7 Å². The Labute approximate surface area is 375 Å². The van der Waals surface area contributed by atoms with Gasteiger partial charge >= 0.3 is 0 Å². The van der Waals surface area contributed by atoms with Gasteiger partial charge in [-0.2, -0.15) is 0 Å². The highest BCUT2D eigenvalue weighted by atomic mass is 16.4. The number of carbonyl (C=O) groups excluding carboxylic acids is 3. The smallest absolute Gasteiger partial charge is 0.219 e. The van der Waals surface area contributed by atoms with Crippen molar-refractivity contribution in [2.24, 2.45) is 0 Å². The van der Waals surface area contributed by atoms with Crippen LogP contribution in [0.5, 0.6) is 0 Å². The number of rotatable bonds is 45. The number of hydrogen-bond donors (Lipinski definition) is 3. The first kappa shape index (κ1) is 58.3. The third kappa shape index (κ3) is 30.1. The molecule has 0 amide bonds. The SMILES string of the molecule is CC/C=C\C/C=C\C/C=C\CCCCCCCC(=O)C(O)(CO)C(O)(C(=O)CCCCCCC/C=C\C/C=C\C/C=C\CC)C(=O)CCCCCCCCCCCCCCC. The molecule has 0 radical (unpaired) electrons. The van der Waals surface area contributed by atoms with E-state index >= 15 is 0 Å². The van der Waals surface area contributed by atoms with Gasteiger partial charge in [-0.25, -0.2) is 0 Å². The Hall–Kier alpha value is -2.67. The largest absolute Gasteiger partial charge is 0.393 e. The molecule has 3 N–H and O–H groups in total. The van der Waals surface area contributed by atoms with Crippen molar-refractivity contribution < 1.29 is 29.7 Å². The summed E-state index contributed by atoms with van der Waals surface area (Å²) < 4.78 is 0. The summed E-state index contributed by atoms with van der Waals surface area (Å²) in [6.07, 6.45) is 56.8. The summed E-state index contributed by atoms with van der Waals surface area (Å²) >= 11 is 0. The van der Waals surface area contributed by atoms with Crippen LogP contribution < -0.4 is 0 Å². The van der Waals surface area contributed by atoms with Gasteiger partial charge in [0, 0.05) is 19.3 Å². The molecule has 0 bridgehead atoms. The molecule has 350 valence electrons. The molecule has 2 atom stereocenters.